The number of halogens is 1. The molecule has 0 saturated heterocycles. The van der Waals surface area contributed by atoms with Gasteiger partial charge in [0.1, 0.15) is 0 Å². The third kappa shape index (κ3) is 1.58. The van der Waals surface area contributed by atoms with Gasteiger partial charge < -0.3 is 5.11 Å². The molecule has 0 unspecified atom stereocenters. The molecule has 4 fully saturated rings. The number of rotatable bonds is 2. The highest BCUT2D eigenvalue weighted by Crippen LogP contribution is 2.63. The van der Waals surface area contributed by atoms with Crippen molar-refractivity contribution in [1.29, 1.82) is 0 Å². The lowest BCUT2D eigenvalue weighted by Gasteiger charge is -2.56. The van der Waals surface area contributed by atoms with E-state index in [1.54, 1.807) is 0 Å². The van der Waals surface area contributed by atoms with Crippen LogP contribution in [0.1, 0.15) is 38.5 Å². The van der Waals surface area contributed by atoms with Gasteiger partial charge in [0.2, 0.25) is 0 Å². The van der Waals surface area contributed by atoms with E-state index in [1.165, 1.54) is 25.3 Å². The summed E-state index contributed by atoms with van der Waals surface area (Å²) in [4.78, 5) is 10.7. The van der Waals surface area contributed by atoms with Gasteiger partial charge in [-0.2, -0.15) is 0 Å². The molecule has 0 aliphatic heterocycles. The van der Waals surface area contributed by atoms with Crippen molar-refractivity contribution < 1.29 is 9.90 Å². The molecule has 16 heavy (non-hydrogen) atoms. The normalized spacial score (nSPS) is 46.1. The lowest BCUT2D eigenvalue weighted by Crippen LogP contribution is -2.46. The summed E-state index contributed by atoms with van der Waals surface area (Å²) in [5, 5.41) is 9.43. The lowest BCUT2D eigenvalue weighted by molar-refractivity contribution is -0.131. The fourth-order valence-electron chi connectivity index (χ4n) is 4.66. The van der Waals surface area contributed by atoms with Crippen LogP contribution in [0.3, 0.4) is 0 Å². The number of carboxylic acids is 1. The molecular formula is C13H17ClO2. The van der Waals surface area contributed by atoms with Crippen LogP contribution in [0.5, 0.6) is 0 Å². The van der Waals surface area contributed by atoms with Crippen molar-refractivity contribution in [1.82, 2.24) is 0 Å². The minimum absolute atomic E-state index is 0.0364. The largest absolute Gasteiger partial charge is 0.478 e. The maximum Gasteiger partial charge on any atom is 0.329 e. The Bertz CT molecular complexity index is 324. The highest BCUT2D eigenvalue weighted by Gasteiger charge is 2.52. The van der Waals surface area contributed by atoms with E-state index < -0.39 is 5.97 Å². The molecule has 4 aliphatic carbocycles. The van der Waals surface area contributed by atoms with Crippen LogP contribution in [-0.4, -0.2) is 11.1 Å². The average molecular weight is 241 g/mol. The zero-order valence-corrected chi connectivity index (χ0v) is 10.0. The van der Waals surface area contributed by atoms with Gasteiger partial charge in [0, 0.05) is 16.5 Å². The quantitative estimate of drug-likeness (QED) is 0.751. The Morgan fingerprint density at radius 3 is 1.94 bits per heavy atom. The van der Waals surface area contributed by atoms with E-state index in [9.17, 15) is 4.79 Å². The van der Waals surface area contributed by atoms with Crippen LogP contribution in [0.2, 0.25) is 0 Å². The van der Waals surface area contributed by atoms with Crippen molar-refractivity contribution in [3.05, 3.63) is 11.1 Å². The van der Waals surface area contributed by atoms with Crippen molar-refractivity contribution in [2.75, 3.05) is 0 Å². The average Bonchev–Trinajstić information content (AvgIpc) is 2.13. The SMILES string of the molecule is O=C(O)/C=C(/Cl)C12CC3CC(CC(C3)C1)C2. The summed E-state index contributed by atoms with van der Waals surface area (Å²) in [6, 6.07) is 0. The van der Waals surface area contributed by atoms with Crippen molar-refractivity contribution in [2.45, 2.75) is 38.5 Å². The van der Waals surface area contributed by atoms with E-state index in [-0.39, 0.29) is 5.41 Å². The second-order valence-corrected chi connectivity index (χ2v) is 6.44. The summed E-state index contributed by atoms with van der Waals surface area (Å²) in [6.07, 6.45) is 8.68. The van der Waals surface area contributed by atoms with Crippen LogP contribution in [0.4, 0.5) is 0 Å². The molecule has 1 N–H and O–H groups in total. The summed E-state index contributed by atoms with van der Waals surface area (Å²) < 4.78 is 0. The van der Waals surface area contributed by atoms with Gasteiger partial charge in [0.05, 0.1) is 0 Å². The number of hydrogen-bond acceptors (Lipinski definition) is 1. The molecule has 0 atom stereocenters. The number of carboxylic acid groups (broad SMARTS) is 1. The number of aliphatic carboxylic acids is 1. The summed E-state index contributed by atoms with van der Waals surface area (Å²) in [7, 11) is 0. The van der Waals surface area contributed by atoms with Crippen LogP contribution in [0.25, 0.3) is 0 Å². The lowest BCUT2D eigenvalue weighted by atomic mass is 9.49. The Kier molecular flexibility index (Phi) is 2.32. The molecule has 0 amide bonds. The summed E-state index contributed by atoms with van der Waals surface area (Å²) in [5.74, 6) is 1.52. The minimum Gasteiger partial charge on any atom is -0.478 e. The molecule has 0 heterocycles. The first-order valence-corrected chi connectivity index (χ1v) is 6.56. The molecule has 0 aromatic heterocycles. The van der Waals surface area contributed by atoms with Gasteiger partial charge in [0.15, 0.2) is 0 Å². The third-order valence-corrected chi connectivity index (χ3v) is 5.31. The van der Waals surface area contributed by atoms with Crippen LogP contribution >= 0.6 is 11.6 Å². The van der Waals surface area contributed by atoms with Gasteiger partial charge in [-0.25, -0.2) is 4.79 Å². The van der Waals surface area contributed by atoms with Crippen molar-refractivity contribution >= 4 is 17.6 Å². The molecule has 4 bridgehead atoms. The number of allylic oxidation sites excluding steroid dienone is 1. The molecular weight excluding hydrogens is 224 g/mol. The second kappa shape index (κ2) is 3.49. The van der Waals surface area contributed by atoms with Crippen molar-refractivity contribution in [3.8, 4) is 0 Å². The van der Waals surface area contributed by atoms with Gasteiger partial charge in [-0.3, -0.25) is 0 Å². The Hall–Kier alpha value is -0.500. The molecule has 4 saturated carbocycles. The third-order valence-electron chi connectivity index (χ3n) is 4.80. The topological polar surface area (TPSA) is 37.3 Å². The zero-order chi connectivity index (χ0) is 11.3. The first-order chi connectivity index (χ1) is 7.57. The molecule has 2 nitrogen and oxygen atoms in total. The zero-order valence-electron chi connectivity index (χ0n) is 9.29. The summed E-state index contributed by atoms with van der Waals surface area (Å²) in [5.41, 5.74) is 0.0364. The maximum absolute atomic E-state index is 10.7. The molecule has 0 aromatic carbocycles. The molecule has 0 aromatic rings. The van der Waals surface area contributed by atoms with E-state index >= 15 is 0 Å². The van der Waals surface area contributed by atoms with Gasteiger partial charge in [-0.1, -0.05) is 11.6 Å². The first-order valence-electron chi connectivity index (χ1n) is 6.18. The molecule has 0 spiro atoms. The van der Waals surface area contributed by atoms with Gasteiger partial charge in [-0.15, -0.1) is 0 Å². The fourth-order valence-corrected chi connectivity index (χ4v) is 4.99. The van der Waals surface area contributed by atoms with E-state index in [0.717, 1.165) is 37.0 Å². The molecule has 88 valence electrons. The van der Waals surface area contributed by atoms with Crippen LogP contribution in [0.15, 0.2) is 11.1 Å². The fraction of sp³-hybridized carbons (Fsp3) is 0.769. The van der Waals surface area contributed by atoms with E-state index in [0.29, 0.717) is 5.03 Å². The highest BCUT2D eigenvalue weighted by molar-refractivity contribution is 6.31. The van der Waals surface area contributed by atoms with Gasteiger partial charge >= 0.3 is 5.97 Å². The summed E-state index contributed by atoms with van der Waals surface area (Å²) >= 11 is 6.28. The Balaban J connectivity index is 1.91. The van der Waals surface area contributed by atoms with E-state index in [2.05, 4.69) is 0 Å². The molecule has 4 aliphatic rings. The van der Waals surface area contributed by atoms with Crippen LogP contribution in [0, 0.1) is 23.2 Å². The van der Waals surface area contributed by atoms with E-state index in [1.807, 2.05) is 0 Å². The van der Waals surface area contributed by atoms with Crippen LogP contribution in [-0.2, 0) is 4.79 Å². The number of carbonyl (C=O) groups is 1. The Morgan fingerprint density at radius 2 is 1.56 bits per heavy atom. The molecule has 3 heteroatoms. The molecule has 4 rings (SSSR count). The standard InChI is InChI=1S/C13H17ClO2/c14-11(4-12(15)16)13-5-8-1-9(6-13)3-10(2-8)7-13/h4,8-10H,1-3,5-7H2,(H,15,16)/b11-4+. The van der Waals surface area contributed by atoms with Crippen molar-refractivity contribution in [2.24, 2.45) is 23.2 Å². The summed E-state index contributed by atoms with van der Waals surface area (Å²) in [6.45, 7) is 0. The predicted octanol–water partition coefficient (Wildman–Crippen LogP) is 3.41. The Labute approximate surface area is 101 Å². The monoisotopic (exact) mass is 240 g/mol. The van der Waals surface area contributed by atoms with Gasteiger partial charge in [0.25, 0.3) is 0 Å². The second-order valence-electron chi connectivity index (χ2n) is 6.03. The molecule has 0 radical (unpaired) electrons. The highest BCUT2D eigenvalue weighted by atomic mass is 35.5. The smallest absolute Gasteiger partial charge is 0.329 e. The number of hydrogen-bond donors (Lipinski definition) is 1. The maximum atomic E-state index is 10.7. The first kappa shape index (κ1) is 10.6. The Morgan fingerprint density at radius 1 is 1.12 bits per heavy atom. The predicted molar refractivity (Wildman–Crippen MR) is 62.2 cm³/mol. The van der Waals surface area contributed by atoms with E-state index in [4.69, 9.17) is 16.7 Å². The minimum atomic E-state index is -0.902. The van der Waals surface area contributed by atoms with Crippen molar-refractivity contribution in [3.63, 3.8) is 0 Å². The van der Waals surface area contributed by atoms with Crippen LogP contribution < -0.4 is 0 Å². The van der Waals surface area contributed by atoms with Gasteiger partial charge in [-0.05, 0) is 56.3 Å².